The minimum Gasteiger partial charge on any atom is -0.383 e. The van der Waals surface area contributed by atoms with E-state index >= 15 is 0 Å². The Balaban J connectivity index is 1.37. The first-order valence-electron chi connectivity index (χ1n) is 12.2. The van der Waals surface area contributed by atoms with Crippen LogP contribution in [0.1, 0.15) is 83.4 Å². The van der Waals surface area contributed by atoms with Gasteiger partial charge in [-0.15, -0.1) is 0 Å². The fraction of sp³-hybridized carbons (Fsp3) is 0.333. The number of carbonyl (C=O) groups is 1. The van der Waals surface area contributed by atoms with E-state index in [2.05, 4.69) is 25.1 Å². The highest BCUT2D eigenvalue weighted by molar-refractivity contribution is 5.99. The number of fused-ring (bicyclic) bond motifs is 3. The van der Waals surface area contributed by atoms with E-state index in [1.165, 1.54) is 0 Å². The van der Waals surface area contributed by atoms with Crippen LogP contribution in [0.5, 0.6) is 0 Å². The Hall–Kier alpha value is -3.98. The zero-order valence-electron chi connectivity index (χ0n) is 20.3. The number of nitrogen functional groups attached to an aromatic ring is 1. The Morgan fingerprint density at radius 1 is 1.17 bits per heavy atom. The molecule has 1 amide bonds. The van der Waals surface area contributed by atoms with Crippen LogP contribution in [-0.2, 0) is 17.9 Å². The number of nitrogens with two attached hydrogens (primary N) is 1. The number of benzene rings is 1. The predicted octanol–water partition coefficient (Wildman–Crippen LogP) is 4.27. The molecule has 0 saturated heterocycles. The van der Waals surface area contributed by atoms with Crippen molar-refractivity contribution in [2.24, 2.45) is 0 Å². The maximum atomic E-state index is 14.0. The van der Waals surface area contributed by atoms with Crippen LogP contribution in [0.4, 0.5) is 5.82 Å². The molecule has 1 unspecified atom stereocenters. The van der Waals surface area contributed by atoms with Crippen molar-refractivity contribution in [3.63, 3.8) is 0 Å². The monoisotopic (exact) mass is 481 g/mol. The zero-order valence-corrected chi connectivity index (χ0v) is 20.3. The first-order valence-corrected chi connectivity index (χ1v) is 12.2. The van der Waals surface area contributed by atoms with Crippen molar-refractivity contribution in [3.8, 4) is 0 Å². The normalized spacial score (nSPS) is 17.7. The average Bonchev–Trinajstić information content (AvgIpc) is 3.68. The number of pyridine rings is 1. The lowest BCUT2D eigenvalue weighted by Gasteiger charge is -2.28. The molecule has 9 nitrogen and oxygen atoms in total. The topological polar surface area (TPSA) is 120 Å². The van der Waals surface area contributed by atoms with Gasteiger partial charge in [0.1, 0.15) is 11.6 Å². The number of hydrogen-bond donors (Lipinski definition) is 1. The van der Waals surface area contributed by atoms with E-state index in [9.17, 15) is 4.79 Å². The van der Waals surface area contributed by atoms with Gasteiger partial charge in [0.25, 0.3) is 5.91 Å². The summed E-state index contributed by atoms with van der Waals surface area (Å²) < 4.78 is 5.82. The molecule has 2 atom stereocenters. The van der Waals surface area contributed by atoms with E-state index in [-0.39, 0.29) is 24.6 Å². The standard InChI is InChI=1S/C27H27N7O2/c1-15(26-29-10-3-11-30-26)34(13-19-7-9-22(33-32-19)17-4-5-17)27(35)18-6-8-23-20(12-18)21-14-36-16(2)24(21)25(28)31-23/h3,6-12,15-17H,4-5,13-14H2,1-2H3,(H2,28,31)/t15?,16-/m1/s1. The van der Waals surface area contributed by atoms with E-state index in [4.69, 9.17) is 10.5 Å². The molecule has 4 heterocycles. The smallest absolute Gasteiger partial charge is 0.254 e. The quantitative estimate of drug-likeness (QED) is 0.434. The van der Waals surface area contributed by atoms with Gasteiger partial charge < -0.3 is 15.4 Å². The molecule has 4 aromatic rings. The highest BCUT2D eigenvalue weighted by atomic mass is 16.5. The van der Waals surface area contributed by atoms with Crippen molar-refractivity contribution < 1.29 is 9.53 Å². The minimum atomic E-state index is -0.377. The molecule has 0 spiro atoms. The van der Waals surface area contributed by atoms with Crippen molar-refractivity contribution >= 4 is 22.6 Å². The molecule has 6 rings (SSSR count). The molecular weight excluding hydrogens is 454 g/mol. The maximum absolute atomic E-state index is 14.0. The Kier molecular flexibility index (Phi) is 5.56. The molecule has 2 N–H and O–H groups in total. The molecule has 1 saturated carbocycles. The summed E-state index contributed by atoms with van der Waals surface area (Å²) in [6.07, 6.45) is 5.57. The zero-order chi connectivity index (χ0) is 24.8. The first-order chi connectivity index (χ1) is 17.5. The molecule has 36 heavy (non-hydrogen) atoms. The lowest BCUT2D eigenvalue weighted by Crippen LogP contribution is -2.34. The second-order valence-corrected chi connectivity index (χ2v) is 9.51. The van der Waals surface area contributed by atoms with Crippen LogP contribution >= 0.6 is 0 Å². The first kappa shape index (κ1) is 22.5. The van der Waals surface area contributed by atoms with Crippen LogP contribution in [0.15, 0.2) is 48.8 Å². The van der Waals surface area contributed by atoms with Crippen LogP contribution in [0.3, 0.4) is 0 Å². The van der Waals surface area contributed by atoms with Crippen molar-refractivity contribution in [3.05, 3.63) is 82.7 Å². The van der Waals surface area contributed by atoms with Gasteiger partial charge >= 0.3 is 0 Å². The number of carbonyl (C=O) groups excluding carboxylic acids is 1. The molecule has 3 aromatic heterocycles. The van der Waals surface area contributed by atoms with Gasteiger partial charge in [-0.2, -0.15) is 10.2 Å². The van der Waals surface area contributed by atoms with Crippen molar-refractivity contribution in [2.45, 2.75) is 57.9 Å². The second kappa shape index (κ2) is 8.91. The van der Waals surface area contributed by atoms with Crippen LogP contribution in [0.2, 0.25) is 0 Å². The van der Waals surface area contributed by atoms with E-state index < -0.39 is 0 Å². The largest absolute Gasteiger partial charge is 0.383 e. The van der Waals surface area contributed by atoms with Gasteiger partial charge in [-0.1, -0.05) is 0 Å². The molecule has 9 heteroatoms. The number of aromatic nitrogens is 5. The molecule has 1 aliphatic carbocycles. The molecule has 182 valence electrons. The van der Waals surface area contributed by atoms with E-state index in [0.717, 1.165) is 40.6 Å². The van der Waals surface area contributed by atoms with Gasteiger partial charge in [0.05, 0.1) is 42.2 Å². The highest BCUT2D eigenvalue weighted by Gasteiger charge is 2.29. The molecule has 1 aliphatic heterocycles. The third-order valence-electron chi connectivity index (χ3n) is 7.05. The van der Waals surface area contributed by atoms with Crippen LogP contribution in [0, 0.1) is 0 Å². The lowest BCUT2D eigenvalue weighted by atomic mass is 9.99. The number of ether oxygens (including phenoxy) is 1. The van der Waals surface area contributed by atoms with Gasteiger partial charge in [0.15, 0.2) is 0 Å². The summed E-state index contributed by atoms with van der Waals surface area (Å²) in [5, 5.41) is 9.70. The van der Waals surface area contributed by atoms with Gasteiger partial charge in [-0.05, 0) is 68.7 Å². The average molecular weight is 482 g/mol. The predicted molar refractivity (Wildman–Crippen MR) is 134 cm³/mol. The summed E-state index contributed by atoms with van der Waals surface area (Å²) >= 11 is 0. The minimum absolute atomic E-state index is 0.125. The van der Waals surface area contributed by atoms with Crippen molar-refractivity contribution in [1.29, 1.82) is 0 Å². The van der Waals surface area contributed by atoms with Gasteiger partial charge in [0.2, 0.25) is 0 Å². The molecular formula is C27H27N7O2. The Labute approximate surface area is 208 Å². The summed E-state index contributed by atoms with van der Waals surface area (Å²) in [5.74, 6) is 1.41. The fourth-order valence-corrected chi connectivity index (χ4v) is 4.84. The summed E-state index contributed by atoms with van der Waals surface area (Å²) in [4.78, 5) is 29.1. The van der Waals surface area contributed by atoms with E-state index in [1.807, 2.05) is 38.1 Å². The number of amides is 1. The summed E-state index contributed by atoms with van der Waals surface area (Å²) in [5.41, 5.74) is 11.1. The molecule has 0 radical (unpaired) electrons. The molecule has 2 aliphatic rings. The third kappa shape index (κ3) is 4.05. The van der Waals surface area contributed by atoms with Crippen LogP contribution in [-0.4, -0.2) is 36.0 Å². The van der Waals surface area contributed by atoms with E-state index in [0.29, 0.717) is 35.4 Å². The third-order valence-corrected chi connectivity index (χ3v) is 7.05. The summed E-state index contributed by atoms with van der Waals surface area (Å²) in [6.45, 7) is 4.62. The van der Waals surface area contributed by atoms with Crippen molar-refractivity contribution in [1.82, 2.24) is 30.0 Å². The number of anilines is 1. The number of rotatable bonds is 6. The molecule has 1 fully saturated rings. The number of hydrogen-bond acceptors (Lipinski definition) is 8. The van der Waals surface area contributed by atoms with Crippen LogP contribution in [0.25, 0.3) is 10.9 Å². The SMILES string of the molecule is CC(c1ncccn1)N(Cc1ccc(C2CC2)nn1)C(=O)c1ccc2nc(N)c3c(c2c1)CO[C@@H]3C. The highest BCUT2D eigenvalue weighted by Crippen LogP contribution is 2.39. The second-order valence-electron chi connectivity index (χ2n) is 9.51. The Morgan fingerprint density at radius 2 is 1.97 bits per heavy atom. The lowest BCUT2D eigenvalue weighted by molar-refractivity contribution is 0.0663. The number of nitrogens with zero attached hydrogens (tertiary/aromatic N) is 6. The summed E-state index contributed by atoms with van der Waals surface area (Å²) in [6, 6.07) is 10.9. The van der Waals surface area contributed by atoms with Crippen LogP contribution < -0.4 is 5.73 Å². The van der Waals surface area contributed by atoms with Gasteiger partial charge in [-0.3, -0.25) is 4.79 Å². The Bertz CT molecular complexity index is 1440. The maximum Gasteiger partial charge on any atom is 0.254 e. The van der Waals surface area contributed by atoms with E-state index in [1.54, 1.807) is 29.4 Å². The van der Waals surface area contributed by atoms with Crippen molar-refractivity contribution in [2.75, 3.05) is 5.73 Å². The molecule has 1 aromatic carbocycles. The molecule has 0 bridgehead atoms. The fourth-order valence-electron chi connectivity index (χ4n) is 4.84. The van der Waals surface area contributed by atoms with Gasteiger partial charge in [-0.25, -0.2) is 15.0 Å². The summed E-state index contributed by atoms with van der Waals surface area (Å²) in [7, 11) is 0. The van der Waals surface area contributed by atoms with Gasteiger partial charge in [0, 0.05) is 34.8 Å². The Morgan fingerprint density at radius 3 is 2.69 bits per heavy atom.